The van der Waals surface area contributed by atoms with Gasteiger partial charge in [0.05, 0.1) is 23.8 Å². The van der Waals surface area contributed by atoms with Crippen LogP contribution < -0.4 is 10.6 Å². The number of fused-ring (bicyclic) bond motifs is 1. The van der Waals surface area contributed by atoms with Crippen LogP contribution in [0.2, 0.25) is 0 Å². The lowest BCUT2D eigenvalue weighted by Gasteiger charge is -2.35. The Balaban J connectivity index is 0.00000504. The van der Waals surface area contributed by atoms with Crippen LogP contribution in [0.5, 0.6) is 0 Å². The van der Waals surface area contributed by atoms with E-state index >= 15 is 0 Å². The predicted octanol–water partition coefficient (Wildman–Crippen LogP) is 7.28. The van der Waals surface area contributed by atoms with E-state index in [9.17, 15) is 41.0 Å². The molecule has 4 aromatic rings. The molecule has 1 fully saturated rings. The molecule has 2 aliphatic rings. The molecule has 0 aromatic heterocycles. The maximum atomic E-state index is 14.1. The molecule has 0 bridgehead atoms. The molecule has 1 unspecified atom stereocenters. The number of hydrogen-bond donors (Lipinski definition) is 3. The van der Waals surface area contributed by atoms with Gasteiger partial charge in [0.25, 0.3) is 11.8 Å². The minimum atomic E-state index is -4.53. The van der Waals surface area contributed by atoms with E-state index in [0.29, 0.717) is 42.0 Å². The highest BCUT2D eigenvalue weighted by molar-refractivity contribution is 6.03. The lowest BCUT2D eigenvalue weighted by atomic mass is 9.91. The highest BCUT2D eigenvalue weighted by Crippen LogP contribution is 2.46. The third-order valence-corrected chi connectivity index (χ3v) is 9.64. The van der Waals surface area contributed by atoms with E-state index in [1.807, 2.05) is 6.92 Å². The minimum absolute atomic E-state index is 0. The number of carbonyl (C=O) groups is 2. The van der Waals surface area contributed by atoms with Gasteiger partial charge in [0, 0.05) is 35.8 Å². The van der Waals surface area contributed by atoms with E-state index in [1.54, 1.807) is 41.3 Å². The molecule has 1 heterocycles. The van der Waals surface area contributed by atoms with Crippen LogP contribution >= 0.6 is 12.4 Å². The first kappa shape index (κ1) is 37.9. The summed E-state index contributed by atoms with van der Waals surface area (Å²) in [4.78, 5) is 29.1. The molecule has 270 valence electrons. The summed E-state index contributed by atoms with van der Waals surface area (Å²) >= 11 is 0. The van der Waals surface area contributed by atoms with Gasteiger partial charge in [0.15, 0.2) is 0 Å². The Morgan fingerprint density at radius 3 is 2.24 bits per heavy atom. The van der Waals surface area contributed by atoms with E-state index in [1.165, 1.54) is 18.2 Å². The average Bonchev–Trinajstić information content (AvgIpc) is 3.87. The molecule has 1 saturated carbocycles. The molecule has 1 aliphatic carbocycles. The van der Waals surface area contributed by atoms with Gasteiger partial charge >= 0.3 is 6.18 Å². The van der Waals surface area contributed by atoms with Gasteiger partial charge in [0.1, 0.15) is 17.5 Å². The quantitative estimate of drug-likeness (QED) is 0.142. The van der Waals surface area contributed by atoms with Gasteiger partial charge in [-0.3, -0.25) is 9.59 Å². The Bertz CT molecular complexity index is 1880. The number of nitrogens with zero attached hydrogens (tertiary/aromatic N) is 1. The molecule has 0 spiro atoms. The van der Waals surface area contributed by atoms with Crippen LogP contribution in [0.15, 0.2) is 84.9 Å². The smallest absolute Gasteiger partial charge is 0.390 e. The summed E-state index contributed by atoms with van der Waals surface area (Å²) < 4.78 is 82.0. The fraction of sp³-hybridized carbons (Fsp3) is 0.316. The van der Waals surface area contributed by atoms with Crippen molar-refractivity contribution in [2.75, 3.05) is 13.1 Å². The highest BCUT2D eigenvalue weighted by Gasteiger charge is 2.45. The topological polar surface area (TPSA) is 81.7 Å². The molecule has 6 nitrogen and oxygen atoms in total. The largest absolute Gasteiger partial charge is 0.416 e. The summed E-state index contributed by atoms with van der Waals surface area (Å²) in [6, 6.07) is 17.0. The fourth-order valence-electron chi connectivity index (χ4n) is 6.69. The zero-order valence-electron chi connectivity index (χ0n) is 27.4. The van der Waals surface area contributed by atoms with Gasteiger partial charge in [0.2, 0.25) is 0 Å². The van der Waals surface area contributed by atoms with Gasteiger partial charge in [-0.2, -0.15) is 13.2 Å². The molecule has 0 saturated heterocycles. The number of hydrogen-bond acceptors (Lipinski definition) is 4. The van der Waals surface area contributed by atoms with E-state index in [4.69, 9.17) is 0 Å². The summed E-state index contributed by atoms with van der Waals surface area (Å²) in [7, 11) is 0. The number of aliphatic hydroxyl groups excluding tert-OH is 1. The van der Waals surface area contributed by atoms with Crippen LogP contribution in [-0.4, -0.2) is 47.1 Å². The first-order chi connectivity index (χ1) is 23.7. The first-order valence-electron chi connectivity index (χ1n) is 16.3. The SMILES string of the molecule is CC(c1ccc(F)cc1)N1CCc2c(C(=O)N[C@@H](Cc3cc(F)cc(F)c3)[C@@H](O)CNC3(c4cccc(C(F)(F)F)c4)CC3)cccc2C1=O.Cl. The number of carbonyl (C=O) groups excluding carboxylic acids is 2. The molecule has 1 aliphatic heterocycles. The van der Waals surface area contributed by atoms with Crippen molar-refractivity contribution in [1.82, 2.24) is 15.5 Å². The number of nitrogens with one attached hydrogen (secondary N) is 2. The fourth-order valence-corrected chi connectivity index (χ4v) is 6.69. The van der Waals surface area contributed by atoms with Crippen LogP contribution in [0.3, 0.4) is 0 Å². The second-order valence-corrected chi connectivity index (χ2v) is 13.0. The zero-order chi connectivity index (χ0) is 35.8. The summed E-state index contributed by atoms with van der Waals surface area (Å²) in [6.07, 6.45) is -4.65. The van der Waals surface area contributed by atoms with Crippen molar-refractivity contribution in [2.45, 2.75) is 62.5 Å². The molecule has 6 rings (SSSR count). The third kappa shape index (κ3) is 8.40. The predicted molar refractivity (Wildman–Crippen MR) is 181 cm³/mol. The third-order valence-electron chi connectivity index (χ3n) is 9.64. The molecule has 4 aromatic carbocycles. The number of amides is 2. The van der Waals surface area contributed by atoms with Gasteiger partial charge in [-0.25, -0.2) is 13.2 Å². The molecule has 3 atom stereocenters. The van der Waals surface area contributed by atoms with Gasteiger partial charge < -0.3 is 20.6 Å². The second kappa shape index (κ2) is 15.1. The summed E-state index contributed by atoms with van der Waals surface area (Å²) in [5.74, 6) is -2.99. The summed E-state index contributed by atoms with van der Waals surface area (Å²) in [6.45, 7) is 1.96. The average molecular weight is 732 g/mol. The molecule has 13 heteroatoms. The summed E-state index contributed by atoms with van der Waals surface area (Å²) in [5.41, 5.74) is 0.748. The van der Waals surface area contributed by atoms with Crippen molar-refractivity contribution >= 4 is 24.2 Å². The number of benzene rings is 4. The Hall–Kier alpha value is -4.39. The van der Waals surface area contributed by atoms with Gasteiger partial charge in [-0.15, -0.1) is 12.4 Å². The van der Waals surface area contributed by atoms with Crippen LogP contribution in [0.25, 0.3) is 0 Å². The number of aliphatic hydroxyl groups is 1. The zero-order valence-corrected chi connectivity index (χ0v) is 28.3. The molecular weight excluding hydrogens is 696 g/mol. The monoisotopic (exact) mass is 731 g/mol. The van der Waals surface area contributed by atoms with Crippen LogP contribution in [-0.2, 0) is 24.6 Å². The standard InChI is InChI=1S/C38H35F6N3O3.ClH/c1-22(24-8-10-27(39)11-9-24)47-15-12-30-31(6-3-7-32(30)36(47)50)35(49)46-33(18-23-16-28(40)20-29(41)17-23)34(48)21-45-37(13-14-37)25-4-2-5-26(19-25)38(42,43)44;/h2-11,16-17,19-20,22,33-34,45,48H,12-15,18,21H2,1H3,(H,46,49);1H/t22?,33-,34-;/m0./s1. The lowest BCUT2D eigenvalue weighted by Crippen LogP contribution is -2.50. The maximum absolute atomic E-state index is 14.1. The van der Waals surface area contributed by atoms with Crippen molar-refractivity contribution in [3.63, 3.8) is 0 Å². The van der Waals surface area contributed by atoms with Crippen LogP contribution in [0.1, 0.15) is 74.3 Å². The molecule has 2 amide bonds. The van der Waals surface area contributed by atoms with E-state index in [-0.39, 0.29) is 55.0 Å². The van der Waals surface area contributed by atoms with E-state index in [2.05, 4.69) is 10.6 Å². The van der Waals surface area contributed by atoms with E-state index in [0.717, 1.165) is 29.8 Å². The van der Waals surface area contributed by atoms with Gasteiger partial charge in [-0.1, -0.05) is 30.3 Å². The van der Waals surface area contributed by atoms with Crippen LogP contribution in [0, 0.1) is 17.5 Å². The van der Waals surface area contributed by atoms with Crippen molar-refractivity contribution in [3.05, 3.63) is 141 Å². The van der Waals surface area contributed by atoms with Crippen molar-refractivity contribution < 1.29 is 41.0 Å². The molecule has 0 radical (unpaired) electrons. The molecule has 3 N–H and O–H groups in total. The number of alkyl halides is 3. The van der Waals surface area contributed by atoms with E-state index < -0.39 is 52.8 Å². The lowest BCUT2D eigenvalue weighted by molar-refractivity contribution is -0.137. The highest BCUT2D eigenvalue weighted by atomic mass is 35.5. The second-order valence-electron chi connectivity index (χ2n) is 13.0. The Labute approximate surface area is 297 Å². The normalized spacial score (nSPS) is 16.8. The van der Waals surface area contributed by atoms with Crippen molar-refractivity contribution in [3.8, 4) is 0 Å². The summed E-state index contributed by atoms with van der Waals surface area (Å²) in [5, 5.41) is 17.4. The first-order valence-corrected chi connectivity index (χ1v) is 16.3. The Morgan fingerprint density at radius 1 is 0.922 bits per heavy atom. The molecular formula is C38H36ClF6N3O3. The molecule has 51 heavy (non-hydrogen) atoms. The van der Waals surface area contributed by atoms with Crippen LogP contribution in [0.4, 0.5) is 26.3 Å². The minimum Gasteiger partial charge on any atom is -0.390 e. The van der Waals surface area contributed by atoms with Gasteiger partial charge in [-0.05, 0) is 103 Å². The maximum Gasteiger partial charge on any atom is 0.416 e. The Morgan fingerprint density at radius 2 is 1.59 bits per heavy atom. The van der Waals surface area contributed by atoms with Crippen molar-refractivity contribution in [1.29, 1.82) is 0 Å². The number of halogens is 7. The Kier molecular flexibility index (Phi) is 11.2. The van der Waals surface area contributed by atoms with Crippen molar-refractivity contribution in [2.24, 2.45) is 0 Å². The number of rotatable bonds is 11.